The van der Waals surface area contributed by atoms with Crippen molar-refractivity contribution in [1.29, 1.82) is 0 Å². The summed E-state index contributed by atoms with van der Waals surface area (Å²) in [6.07, 6.45) is 5.19. The smallest absolute Gasteiger partial charge is 0.136 e. The van der Waals surface area contributed by atoms with Crippen molar-refractivity contribution in [3.63, 3.8) is 0 Å². The van der Waals surface area contributed by atoms with Gasteiger partial charge in [0.15, 0.2) is 0 Å². The van der Waals surface area contributed by atoms with E-state index < -0.39 is 0 Å². The maximum absolute atomic E-state index is 6.29. The van der Waals surface area contributed by atoms with Crippen LogP contribution in [0.25, 0.3) is 28.0 Å². The highest BCUT2D eigenvalue weighted by Gasteiger charge is 2.14. The molecule has 3 aromatic rings. The van der Waals surface area contributed by atoms with Crippen LogP contribution in [-0.4, -0.2) is 12.1 Å². The summed E-state index contributed by atoms with van der Waals surface area (Å²) in [6, 6.07) is 15.1. The molecule has 0 amide bonds. The molecule has 0 atom stereocenters. The van der Waals surface area contributed by atoms with Gasteiger partial charge in [0.25, 0.3) is 0 Å². The summed E-state index contributed by atoms with van der Waals surface area (Å²) >= 11 is 6.29. The molecule has 0 saturated heterocycles. The summed E-state index contributed by atoms with van der Waals surface area (Å²) in [5.74, 6) is 0. The normalized spacial score (nSPS) is 12.0. The molecule has 0 saturated carbocycles. The molecule has 1 heterocycles. The molecule has 0 bridgehead atoms. The van der Waals surface area contributed by atoms with Crippen LogP contribution in [0.4, 0.5) is 0 Å². The molecule has 0 N–H and O–H groups in total. The average molecular weight is 352 g/mol. The minimum Gasteiger partial charge on any atom is -0.504 e. The second kappa shape index (κ2) is 6.89. The number of hydrogen-bond donors (Lipinski definition) is 0. The number of benzene rings is 2. The zero-order valence-corrected chi connectivity index (χ0v) is 15.8. The third kappa shape index (κ3) is 3.69. The molecule has 0 fully saturated rings. The molecular weight excluding hydrogens is 330 g/mol. The predicted octanol–water partition coefficient (Wildman–Crippen LogP) is 6.47. The van der Waals surface area contributed by atoms with Crippen molar-refractivity contribution in [2.75, 3.05) is 7.11 Å². The molecule has 1 aromatic heterocycles. The Labute approximate surface area is 154 Å². The lowest BCUT2D eigenvalue weighted by atomic mass is 9.85. The van der Waals surface area contributed by atoms with E-state index in [4.69, 9.17) is 16.3 Å². The Balaban J connectivity index is 2.12. The minimum atomic E-state index is 0.142. The fourth-order valence-electron chi connectivity index (χ4n) is 2.87. The fraction of sp³-hybridized carbons (Fsp3) is 0.227. The van der Waals surface area contributed by atoms with Crippen molar-refractivity contribution >= 4 is 28.4 Å². The van der Waals surface area contributed by atoms with E-state index in [1.807, 2.05) is 12.1 Å². The zero-order chi connectivity index (χ0) is 18.0. The van der Waals surface area contributed by atoms with Crippen LogP contribution in [0.5, 0.6) is 0 Å². The molecule has 2 nitrogen and oxygen atoms in total. The van der Waals surface area contributed by atoms with E-state index in [-0.39, 0.29) is 5.41 Å². The largest absolute Gasteiger partial charge is 0.504 e. The maximum Gasteiger partial charge on any atom is 0.136 e. The lowest BCUT2D eigenvalue weighted by molar-refractivity contribution is 0.341. The Morgan fingerprint density at radius 1 is 1.00 bits per heavy atom. The summed E-state index contributed by atoms with van der Waals surface area (Å²) in [5.41, 5.74) is 4.48. The van der Waals surface area contributed by atoms with E-state index in [9.17, 15) is 0 Å². The first-order chi connectivity index (χ1) is 11.9. The first-order valence-electron chi connectivity index (χ1n) is 8.28. The van der Waals surface area contributed by atoms with Crippen LogP contribution in [0.15, 0.2) is 54.9 Å². The number of rotatable bonds is 3. The highest BCUT2D eigenvalue weighted by atomic mass is 35.5. The van der Waals surface area contributed by atoms with Gasteiger partial charge in [0.2, 0.25) is 0 Å². The van der Waals surface area contributed by atoms with Crippen molar-refractivity contribution in [3.8, 4) is 11.1 Å². The second-order valence-electron chi connectivity index (χ2n) is 7.13. The van der Waals surface area contributed by atoms with Gasteiger partial charge in [-0.1, -0.05) is 62.7 Å². The van der Waals surface area contributed by atoms with E-state index in [1.54, 1.807) is 19.6 Å². The molecule has 128 valence electrons. The highest BCUT2D eigenvalue weighted by molar-refractivity contribution is 6.31. The molecule has 25 heavy (non-hydrogen) atoms. The van der Waals surface area contributed by atoms with E-state index >= 15 is 0 Å². The second-order valence-corrected chi connectivity index (χ2v) is 7.49. The van der Waals surface area contributed by atoms with Crippen LogP contribution in [0.1, 0.15) is 31.9 Å². The number of fused-ring (bicyclic) bond motifs is 1. The monoisotopic (exact) mass is 351 g/mol. The number of nitrogens with zero attached hydrogens (tertiary/aromatic N) is 1. The highest BCUT2D eigenvalue weighted by Crippen LogP contribution is 2.32. The summed E-state index contributed by atoms with van der Waals surface area (Å²) in [5, 5.41) is 2.92. The van der Waals surface area contributed by atoms with Gasteiger partial charge in [-0.25, -0.2) is 4.98 Å². The molecule has 3 heteroatoms. The Morgan fingerprint density at radius 3 is 2.44 bits per heavy atom. The first-order valence-corrected chi connectivity index (χ1v) is 8.66. The number of halogens is 1. The van der Waals surface area contributed by atoms with E-state index in [2.05, 4.69) is 62.2 Å². The Bertz CT molecular complexity index is 938. The number of pyridine rings is 1. The van der Waals surface area contributed by atoms with Gasteiger partial charge >= 0.3 is 0 Å². The zero-order valence-electron chi connectivity index (χ0n) is 15.0. The summed E-state index contributed by atoms with van der Waals surface area (Å²) < 4.78 is 5.04. The Hall–Kier alpha value is -2.32. The van der Waals surface area contributed by atoms with Gasteiger partial charge in [0, 0.05) is 11.8 Å². The molecular formula is C22H22ClNO. The van der Waals surface area contributed by atoms with Crippen LogP contribution in [-0.2, 0) is 10.2 Å². The topological polar surface area (TPSA) is 22.1 Å². The Kier molecular flexibility index (Phi) is 4.82. The molecule has 2 aromatic carbocycles. The first kappa shape index (κ1) is 17.5. The lowest BCUT2D eigenvalue weighted by Crippen LogP contribution is -2.10. The van der Waals surface area contributed by atoms with Crippen molar-refractivity contribution < 1.29 is 4.74 Å². The van der Waals surface area contributed by atoms with Crippen molar-refractivity contribution in [1.82, 2.24) is 4.98 Å². The lowest BCUT2D eigenvalue weighted by Gasteiger charge is -2.19. The van der Waals surface area contributed by atoms with Gasteiger partial charge in [-0.3, -0.25) is 0 Å². The molecule has 0 aliphatic rings. The van der Waals surface area contributed by atoms with Gasteiger partial charge < -0.3 is 4.74 Å². The third-order valence-electron chi connectivity index (χ3n) is 4.33. The molecule has 0 unspecified atom stereocenters. The third-order valence-corrected chi connectivity index (χ3v) is 4.63. The van der Waals surface area contributed by atoms with Gasteiger partial charge in [-0.2, -0.15) is 0 Å². The average Bonchev–Trinajstić information content (AvgIpc) is 2.59. The van der Waals surface area contributed by atoms with Gasteiger partial charge in [-0.15, -0.1) is 0 Å². The fourth-order valence-corrected chi connectivity index (χ4v) is 3.09. The quantitative estimate of drug-likeness (QED) is 0.398. The van der Waals surface area contributed by atoms with Gasteiger partial charge in [-0.05, 0) is 51.1 Å². The summed E-state index contributed by atoms with van der Waals surface area (Å²) in [7, 11) is 1.61. The van der Waals surface area contributed by atoms with E-state index in [1.165, 1.54) is 16.3 Å². The van der Waals surface area contributed by atoms with E-state index in [0.717, 1.165) is 16.7 Å². The van der Waals surface area contributed by atoms with Crippen LogP contribution in [0, 0.1) is 0 Å². The van der Waals surface area contributed by atoms with Gasteiger partial charge in [0.1, 0.15) is 5.15 Å². The molecule has 0 radical (unpaired) electrons. The van der Waals surface area contributed by atoms with E-state index in [0.29, 0.717) is 5.15 Å². The predicted molar refractivity (Wildman–Crippen MR) is 107 cm³/mol. The van der Waals surface area contributed by atoms with Crippen molar-refractivity contribution in [2.45, 2.75) is 26.2 Å². The number of ether oxygens (including phenoxy) is 1. The van der Waals surface area contributed by atoms with Gasteiger partial charge in [0.05, 0.1) is 13.4 Å². The standard InChI is InChI=1S/C22H22ClNO/c1-22(2,3)18-8-7-15-13-17(6-5-16(15)14-18)19-9-11-24-21(23)20(19)10-12-25-4/h5-14H,1-4H3/b12-10+. The number of aromatic nitrogens is 1. The summed E-state index contributed by atoms with van der Waals surface area (Å²) in [6.45, 7) is 6.70. The van der Waals surface area contributed by atoms with Crippen LogP contribution >= 0.6 is 11.6 Å². The summed E-state index contributed by atoms with van der Waals surface area (Å²) in [4.78, 5) is 4.18. The van der Waals surface area contributed by atoms with Crippen LogP contribution in [0.3, 0.4) is 0 Å². The number of hydrogen-bond acceptors (Lipinski definition) is 2. The van der Waals surface area contributed by atoms with Crippen molar-refractivity contribution in [2.24, 2.45) is 0 Å². The molecule has 0 spiro atoms. The maximum atomic E-state index is 6.29. The van der Waals surface area contributed by atoms with Crippen molar-refractivity contribution in [3.05, 3.63) is 71.2 Å². The molecule has 3 rings (SSSR count). The molecule has 0 aliphatic carbocycles. The number of methoxy groups -OCH3 is 1. The Morgan fingerprint density at radius 2 is 1.72 bits per heavy atom. The van der Waals surface area contributed by atoms with Crippen LogP contribution in [0.2, 0.25) is 5.15 Å². The minimum absolute atomic E-state index is 0.142. The van der Waals surface area contributed by atoms with Crippen LogP contribution < -0.4 is 0 Å². The molecule has 0 aliphatic heterocycles. The SMILES string of the molecule is CO/C=C/c1c(-c2ccc3cc(C(C)(C)C)ccc3c2)ccnc1Cl.